The molecule has 0 saturated heterocycles. The number of pyridine rings is 1. The molecular formula is C26H23FN6O. The second-order valence-electron chi connectivity index (χ2n) is 8.95. The highest BCUT2D eigenvalue weighted by atomic mass is 19.1. The Balaban J connectivity index is 1.50. The maximum Gasteiger partial charge on any atom is 0.164 e. The lowest BCUT2D eigenvalue weighted by molar-refractivity contribution is 0.311. The summed E-state index contributed by atoms with van der Waals surface area (Å²) in [5.74, 6) is 0.163. The van der Waals surface area contributed by atoms with Crippen LogP contribution in [0.25, 0.3) is 33.2 Å². The van der Waals surface area contributed by atoms with Gasteiger partial charge in [0.2, 0.25) is 0 Å². The Hall–Kier alpha value is -4.07. The molecule has 0 spiro atoms. The maximum absolute atomic E-state index is 14.1. The molecule has 8 heteroatoms. The Morgan fingerprint density at radius 3 is 2.74 bits per heavy atom. The molecule has 0 aliphatic heterocycles. The normalized spacial score (nSPS) is 14.0. The minimum atomic E-state index is -0.561. The number of fused-ring (bicyclic) bond motifs is 2. The topological polar surface area (TPSA) is 103 Å². The van der Waals surface area contributed by atoms with Gasteiger partial charge in [0, 0.05) is 22.7 Å². The second kappa shape index (κ2) is 8.06. The van der Waals surface area contributed by atoms with Crippen molar-refractivity contribution in [3.8, 4) is 17.0 Å². The zero-order chi connectivity index (χ0) is 23.2. The van der Waals surface area contributed by atoms with Crippen molar-refractivity contribution in [2.75, 3.05) is 5.73 Å². The Morgan fingerprint density at radius 2 is 1.94 bits per heavy atom. The fourth-order valence-corrected chi connectivity index (χ4v) is 4.70. The lowest BCUT2D eigenvalue weighted by Crippen LogP contribution is -2.17. The first-order valence-corrected chi connectivity index (χ1v) is 11.4. The van der Waals surface area contributed by atoms with E-state index in [2.05, 4.69) is 22.1 Å². The number of para-hydroxylation sites is 1. The van der Waals surface area contributed by atoms with E-state index in [1.807, 2.05) is 18.2 Å². The van der Waals surface area contributed by atoms with Crippen LogP contribution < -0.4 is 5.73 Å². The Bertz CT molecular complexity index is 1520. The molecule has 0 amide bonds. The lowest BCUT2D eigenvalue weighted by Gasteiger charge is -2.26. The molecule has 3 heterocycles. The molecule has 170 valence electrons. The van der Waals surface area contributed by atoms with Crippen molar-refractivity contribution in [2.45, 2.75) is 32.2 Å². The van der Waals surface area contributed by atoms with Gasteiger partial charge in [0.05, 0.1) is 17.4 Å². The molecule has 5 aromatic rings. The average molecular weight is 455 g/mol. The first-order valence-electron chi connectivity index (χ1n) is 11.4. The summed E-state index contributed by atoms with van der Waals surface area (Å²) in [5, 5.41) is 16.3. The predicted octanol–water partition coefficient (Wildman–Crippen LogP) is 4.86. The van der Waals surface area contributed by atoms with E-state index in [1.54, 1.807) is 4.68 Å². The van der Waals surface area contributed by atoms with Crippen molar-refractivity contribution in [1.82, 2.24) is 24.7 Å². The zero-order valence-electron chi connectivity index (χ0n) is 18.4. The quantitative estimate of drug-likeness (QED) is 0.393. The van der Waals surface area contributed by atoms with Crippen LogP contribution in [0.3, 0.4) is 0 Å². The number of rotatable bonds is 5. The highest BCUT2D eigenvalue weighted by Gasteiger charge is 2.22. The minimum Gasteiger partial charge on any atom is -0.508 e. The molecule has 3 aromatic heterocycles. The number of nitrogen functional groups attached to an aromatic ring is 1. The number of aromatic nitrogens is 5. The molecular weight excluding hydrogens is 431 g/mol. The summed E-state index contributed by atoms with van der Waals surface area (Å²) >= 11 is 0. The van der Waals surface area contributed by atoms with Crippen molar-refractivity contribution in [3.63, 3.8) is 0 Å². The molecule has 3 N–H and O–H groups in total. The predicted molar refractivity (Wildman–Crippen MR) is 129 cm³/mol. The molecule has 0 bridgehead atoms. The van der Waals surface area contributed by atoms with Gasteiger partial charge in [0.15, 0.2) is 5.65 Å². The van der Waals surface area contributed by atoms with E-state index < -0.39 is 5.82 Å². The van der Waals surface area contributed by atoms with Crippen molar-refractivity contribution < 1.29 is 9.50 Å². The minimum absolute atomic E-state index is 0.186. The first-order chi connectivity index (χ1) is 16.5. The number of aromatic hydroxyl groups is 1. The van der Waals surface area contributed by atoms with Crippen molar-refractivity contribution in [1.29, 1.82) is 0 Å². The smallest absolute Gasteiger partial charge is 0.164 e. The molecule has 1 aliphatic carbocycles. The highest BCUT2D eigenvalue weighted by Crippen LogP contribution is 2.34. The van der Waals surface area contributed by atoms with E-state index in [4.69, 9.17) is 15.8 Å². The van der Waals surface area contributed by atoms with Gasteiger partial charge in [-0.05, 0) is 42.2 Å². The molecule has 2 aromatic carbocycles. The van der Waals surface area contributed by atoms with Crippen LogP contribution in [-0.4, -0.2) is 29.8 Å². The fourth-order valence-electron chi connectivity index (χ4n) is 4.70. The zero-order valence-corrected chi connectivity index (χ0v) is 18.4. The van der Waals surface area contributed by atoms with Crippen LogP contribution in [0.5, 0.6) is 5.75 Å². The number of nitrogens with two attached hydrogens (primary N) is 1. The van der Waals surface area contributed by atoms with Gasteiger partial charge in [0.25, 0.3) is 0 Å². The first kappa shape index (κ1) is 20.5. The molecule has 1 saturated carbocycles. The molecule has 0 unspecified atom stereocenters. The van der Waals surface area contributed by atoms with Gasteiger partial charge in [-0.25, -0.2) is 19.0 Å². The number of nitrogens with zero attached hydrogens (tertiary/aromatic N) is 5. The van der Waals surface area contributed by atoms with Gasteiger partial charge in [-0.2, -0.15) is 5.10 Å². The lowest BCUT2D eigenvalue weighted by atomic mass is 9.81. The van der Waals surface area contributed by atoms with Gasteiger partial charge >= 0.3 is 0 Å². The van der Waals surface area contributed by atoms with Gasteiger partial charge in [-0.15, -0.1) is 0 Å². The molecule has 0 atom stereocenters. The number of anilines is 1. The van der Waals surface area contributed by atoms with E-state index in [0.29, 0.717) is 34.8 Å². The van der Waals surface area contributed by atoms with Crippen LogP contribution in [0, 0.1) is 11.7 Å². The molecule has 7 nitrogen and oxygen atoms in total. The van der Waals surface area contributed by atoms with E-state index in [0.717, 1.165) is 34.6 Å². The molecule has 34 heavy (non-hydrogen) atoms. The van der Waals surface area contributed by atoms with Crippen molar-refractivity contribution >= 4 is 27.8 Å². The number of halogens is 1. The number of hydrogen-bond acceptors (Lipinski definition) is 6. The summed E-state index contributed by atoms with van der Waals surface area (Å²) in [5.41, 5.74) is 10.7. The summed E-state index contributed by atoms with van der Waals surface area (Å²) in [4.78, 5) is 13.6. The van der Waals surface area contributed by atoms with Gasteiger partial charge < -0.3 is 10.8 Å². The summed E-state index contributed by atoms with van der Waals surface area (Å²) in [7, 11) is 0. The molecule has 1 fully saturated rings. The van der Waals surface area contributed by atoms with Crippen LogP contribution in [-0.2, 0) is 13.0 Å². The average Bonchev–Trinajstić information content (AvgIpc) is 3.15. The number of hydrogen-bond donors (Lipinski definition) is 2. The summed E-state index contributed by atoms with van der Waals surface area (Å²) in [6.45, 7) is 0.439. The third-order valence-corrected chi connectivity index (χ3v) is 6.63. The van der Waals surface area contributed by atoms with Crippen LogP contribution in [0.4, 0.5) is 10.2 Å². The maximum atomic E-state index is 14.1. The summed E-state index contributed by atoms with van der Waals surface area (Å²) in [6.07, 6.45) is 6.07. The SMILES string of the molecule is Nc1ncnc2c1c(-c1cc(O)cc(F)c1)nn2Cc1cc2ccccc2nc1CC1CCC1. The highest BCUT2D eigenvalue weighted by molar-refractivity contribution is 5.98. The number of phenolic OH excluding ortho intramolecular Hbond substituents is 1. The standard InChI is InChI=1S/C26H23FN6O/c27-19-10-17(11-20(34)12-19)24-23-25(28)29-14-30-26(23)33(32-24)13-18-9-16-6-1-2-7-21(16)31-22(18)8-15-4-3-5-15/h1-2,6-7,9-12,14-15,34H,3-5,8,13H2,(H2,28,29,30). The fraction of sp³-hybridized carbons (Fsp3) is 0.231. The van der Waals surface area contributed by atoms with Gasteiger partial charge in [-0.1, -0.05) is 37.5 Å². The Kier molecular flexibility index (Phi) is 4.86. The third-order valence-electron chi connectivity index (χ3n) is 6.63. The number of benzene rings is 2. The van der Waals surface area contributed by atoms with Crippen molar-refractivity contribution in [3.05, 3.63) is 71.9 Å². The Morgan fingerprint density at radius 1 is 1.09 bits per heavy atom. The van der Waals surface area contributed by atoms with Crippen LogP contribution >= 0.6 is 0 Å². The van der Waals surface area contributed by atoms with Crippen LogP contribution in [0.1, 0.15) is 30.5 Å². The number of phenols is 1. The summed E-state index contributed by atoms with van der Waals surface area (Å²) in [6, 6.07) is 14.1. The molecule has 6 rings (SSSR count). The van der Waals surface area contributed by atoms with E-state index >= 15 is 0 Å². The Labute approximate surface area is 195 Å². The second-order valence-corrected chi connectivity index (χ2v) is 8.95. The van der Waals surface area contributed by atoms with Crippen molar-refractivity contribution in [2.24, 2.45) is 5.92 Å². The monoisotopic (exact) mass is 454 g/mol. The van der Waals surface area contributed by atoms with Crippen LogP contribution in [0.2, 0.25) is 0 Å². The molecule has 1 aliphatic rings. The van der Waals surface area contributed by atoms with E-state index in [9.17, 15) is 9.50 Å². The summed E-state index contributed by atoms with van der Waals surface area (Å²) < 4.78 is 15.8. The third kappa shape index (κ3) is 3.61. The van der Waals surface area contributed by atoms with E-state index in [1.165, 1.54) is 37.7 Å². The van der Waals surface area contributed by atoms with Gasteiger partial charge in [-0.3, -0.25) is 4.98 Å². The molecule has 0 radical (unpaired) electrons. The van der Waals surface area contributed by atoms with E-state index in [-0.39, 0.29) is 11.6 Å². The van der Waals surface area contributed by atoms with Gasteiger partial charge in [0.1, 0.15) is 29.4 Å². The largest absolute Gasteiger partial charge is 0.508 e. The van der Waals surface area contributed by atoms with Crippen LogP contribution in [0.15, 0.2) is 54.9 Å².